The lowest BCUT2D eigenvalue weighted by Gasteiger charge is -2.15. The molecule has 0 spiro atoms. The molecule has 0 saturated heterocycles. The summed E-state index contributed by atoms with van der Waals surface area (Å²) in [5.41, 5.74) is 4.05. The highest BCUT2D eigenvalue weighted by atomic mass is 35.5. The van der Waals surface area contributed by atoms with E-state index >= 15 is 0 Å². The quantitative estimate of drug-likeness (QED) is 0.359. The molecule has 0 aliphatic rings. The summed E-state index contributed by atoms with van der Waals surface area (Å²) in [7, 11) is 1.58. The molecule has 1 heterocycles. The molecule has 30 heavy (non-hydrogen) atoms. The van der Waals surface area contributed by atoms with E-state index < -0.39 is 0 Å². The van der Waals surface area contributed by atoms with Crippen LogP contribution >= 0.6 is 23.2 Å². The monoisotopic (exact) mass is 443 g/mol. The lowest BCUT2D eigenvalue weighted by Crippen LogP contribution is -2.02. The van der Waals surface area contributed by atoms with Gasteiger partial charge in [-0.3, -0.25) is 0 Å². The summed E-state index contributed by atoms with van der Waals surface area (Å²) < 4.78 is 11.4. The normalized spacial score (nSPS) is 10.9. The van der Waals surface area contributed by atoms with Gasteiger partial charge in [-0.05, 0) is 53.6 Å². The van der Waals surface area contributed by atoms with E-state index in [1.807, 2.05) is 54.6 Å². The minimum Gasteiger partial charge on any atom is -0.493 e. The fourth-order valence-electron chi connectivity index (χ4n) is 3.10. The highest BCUT2D eigenvalue weighted by Gasteiger charge is 2.13. The number of aromatic amines is 2. The van der Waals surface area contributed by atoms with Crippen molar-refractivity contribution in [1.82, 2.24) is 9.97 Å². The average molecular weight is 444 g/mol. The van der Waals surface area contributed by atoms with Gasteiger partial charge in [0, 0.05) is 17.3 Å². The van der Waals surface area contributed by atoms with Crippen molar-refractivity contribution < 1.29 is 9.47 Å². The van der Waals surface area contributed by atoms with Crippen LogP contribution in [0.25, 0.3) is 11.0 Å². The maximum atomic E-state index is 11.4. The van der Waals surface area contributed by atoms with Crippen LogP contribution in [-0.4, -0.2) is 17.1 Å². The molecule has 6 nitrogen and oxygen atoms in total. The summed E-state index contributed by atoms with van der Waals surface area (Å²) in [6, 6.07) is 16.8. The number of anilines is 1. The van der Waals surface area contributed by atoms with Gasteiger partial charge in [0.1, 0.15) is 6.61 Å². The Bertz CT molecular complexity index is 1230. The lowest BCUT2D eigenvalue weighted by molar-refractivity contribution is 0.284. The zero-order valence-electron chi connectivity index (χ0n) is 16.1. The predicted molar refractivity (Wildman–Crippen MR) is 120 cm³/mol. The molecule has 0 saturated carbocycles. The topological polar surface area (TPSA) is 79.1 Å². The van der Waals surface area contributed by atoms with Crippen LogP contribution in [0.1, 0.15) is 11.1 Å². The number of rotatable bonds is 7. The van der Waals surface area contributed by atoms with Gasteiger partial charge in [0.15, 0.2) is 11.5 Å². The molecule has 3 aromatic carbocycles. The average Bonchev–Trinajstić information content (AvgIpc) is 3.11. The second-order valence-electron chi connectivity index (χ2n) is 6.72. The van der Waals surface area contributed by atoms with Crippen molar-refractivity contribution in [1.29, 1.82) is 0 Å². The fraction of sp³-hybridized carbons (Fsp3) is 0.136. The number of methoxy groups -OCH3 is 1. The second-order valence-corrected chi connectivity index (χ2v) is 7.56. The molecule has 0 radical (unpaired) electrons. The maximum absolute atomic E-state index is 11.4. The Balaban J connectivity index is 1.47. The van der Waals surface area contributed by atoms with E-state index in [9.17, 15) is 4.79 Å². The van der Waals surface area contributed by atoms with Crippen LogP contribution in [0.2, 0.25) is 10.0 Å². The lowest BCUT2D eigenvalue weighted by atomic mass is 10.2. The SMILES string of the molecule is COc1cc(CNc2ccc3[nH]c(=O)[nH]c3c2)cc(Cl)c1OCc1ccc(Cl)cc1. The number of imidazole rings is 1. The summed E-state index contributed by atoms with van der Waals surface area (Å²) >= 11 is 12.4. The fourth-order valence-corrected chi connectivity index (χ4v) is 3.51. The number of ether oxygens (including phenoxy) is 2. The largest absolute Gasteiger partial charge is 0.493 e. The zero-order chi connectivity index (χ0) is 21.1. The van der Waals surface area contributed by atoms with Crippen LogP contribution < -0.4 is 20.5 Å². The summed E-state index contributed by atoms with van der Waals surface area (Å²) in [6.07, 6.45) is 0. The van der Waals surface area contributed by atoms with Crippen LogP contribution in [-0.2, 0) is 13.2 Å². The molecule has 3 N–H and O–H groups in total. The van der Waals surface area contributed by atoms with Crippen LogP contribution in [0.3, 0.4) is 0 Å². The maximum Gasteiger partial charge on any atom is 0.323 e. The van der Waals surface area contributed by atoms with Crippen molar-refractivity contribution in [2.45, 2.75) is 13.2 Å². The molecule has 0 amide bonds. The Kier molecular flexibility index (Phi) is 5.88. The van der Waals surface area contributed by atoms with Gasteiger partial charge in [0.05, 0.1) is 23.2 Å². The van der Waals surface area contributed by atoms with Gasteiger partial charge in [0.25, 0.3) is 0 Å². The Hall–Kier alpha value is -3.09. The van der Waals surface area contributed by atoms with Crippen LogP contribution in [0, 0.1) is 0 Å². The third-order valence-corrected chi connectivity index (χ3v) is 5.13. The molecule has 0 unspecified atom stereocenters. The Morgan fingerprint density at radius 1 is 0.933 bits per heavy atom. The standard InChI is InChI=1S/C22H19Cl2N3O3/c1-29-20-9-14(11-25-16-6-7-18-19(10-16)27-22(28)26-18)8-17(24)21(20)30-12-13-2-4-15(23)5-3-13/h2-10,25H,11-12H2,1H3,(H2,26,27,28). The third kappa shape index (κ3) is 4.56. The number of hydrogen-bond acceptors (Lipinski definition) is 4. The number of hydrogen-bond donors (Lipinski definition) is 3. The molecule has 154 valence electrons. The van der Waals surface area contributed by atoms with E-state index in [1.165, 1.54) is 0 Å². The summed E-state index contributed by atoms with van der Waals surface area (Å²) in [5, 5.41) is 4.46. The smallest absolute Gasteiger partial charge is 0.323 e. The molecule has 4 aromatic rings. The minimum absolute atomic E-state index is 0.229. The predicted octanol–water partition coefficient (Wildman–Crippen LogP) is 5.36. The number of halogens is 2. The van der Waals surface area contributed by atoms with Crippen molar-refractivity contribution >= 4 is 39.9 Å². The first-order valence-corrected chi connectivity index (χ1v) is 9.97. The molecule has 0 bridgehead atoms. The Morgan fingerprint density at radius 3 is 2.47 bits per heavy atom. The molecule has 4 rings (SSSR count). The molecule has 0 aliphatic heterocycles. The highest BCUT2D eigenvalue weighted by Crippen LogP contribution is 2.37. The van der Waals surface area contributed by atoms with E-state index in [4.69, 9.17) is 32.7 Å². The van der Waals surface area contributed by atoms with E-state index in [-0.39, 0.29) is 5.69 Å². The minimum atomic E-state index is -0.229. The Morgan fingerprint density at radius 2 is 1.70 bits per heavy atom. The van der Waals surface area contributed by atoms with Gasteiger partial charge in [-0.15, -0.1) is 0 Å². The van der Waals surface area contributed by atoms with Gasteiger partial charge < -0.3 is 24.8 Å². The molecule has 0 atom stereocenters. The molecular formula is C22H19Cl2N3O3. The van der Waals surface area contributed by atoms with Crippen molar-refractivity contribution in [3.05, 3.63) is 86.3 Å². The van der Waals surface area contributed by atoms with Crippen molar-refractivity contribution in [2.24, 2.45) is 0 Å². The summed E-state index contributed by atoms with van der Waals surface area (Å²) in [4.78, 5) is 16.9. The van der Waals surface area contributed by atoms with Crippen molar-refractivity contribution in [2.75, 3.05) is 12.4 Å². The van der Waals surface area contributed by atoms with Crippen molar-refractivity contribution in [3.8, 4) is 11.5 Å². The third-order valence-electron chi connectivity index (χ3n) is 4.60. The first-order valence-electron chi connectivity index (χ1n) is 9.21. The van der Waals surface area contributed by atoms with Crippen LogP contribution in [0.15, 0.2) is 59.4 Å². The second kappa shape index (κ2) is 8.73. The van der Waals surface area contributed by atoms with E-state index in [2.05, 4.69) is 15.3 Å². The number of benzene rings is 3. The summed E-state index contributed by atoms with van der Waals surface area (Å²) in [5.74, 6) is 1.04. The molecule has 0 aliphatic carbocycles. The van der Waals surface area contributed by atoms with E-state index in [0.29, 0.717) is 34.7 Å². The van der Waals surface area contributed by atoms with Gasteiger partial charge >= 0.3 is 5.69 Å². The van der Waals surface area contributed by atoms with Crippen LogP contribution in [0.4, 0.5) is 5.69 Å². The number of H-pyrrole nitrogens is 2. The number of fused-ring (bicyclic) bond motifs is 1. The van der Waals surface area contributed by atoms with Crippen molar-refractivity contribution in [3.63, 3.8) is 0 Å². The van der Waals surface area contributed by atoms with Crippen LogP contribution in [0.5, 0.6) is 11.5 Å². The van der Waals surface area contributed by atoms with Gasteiger partial charge in [-0.2, -0.15) is 0 Å². The first-order chi connectivity index (χ1) is 14.5. The number of nitrogens with one attached hydrogen (secondary N) is 3. The zero-order valence-corrected chi connectivity index (χ0v) is 17.6. The molecule has 8 heteroatoms. The highest BCUT2D eigenvalue weighted by molar-refractivity contribution is 6.32. The van der Waals surface area contributed by atoms with Gasteiger partial charge in [0.2, 0.25) is 0 Å². The summed E-state index contributed by atoms with van der Waals surface area (Å²) in [6.45, 7) is 0.868. The molecule has 1 aromatic heterocycles. The van der Waals surface area contributed by atoms with Gasteiger partial charge in [-0.1, -0.05) is 35.3 Å². The number of aromatic nitrogens is 2. The van der Waals surface area contributed by atoms with E-state index in [1.54, 1.807) is 7.11 Å². The first kappa shape index (κ1) is 20.2. The molecule has 0 fully saturated rings. The van der Waals surface area contributed by atoms with Gasteiger partial charge in [-0.25, -0.2) is 4.79 Å². The molecular weight excluding hydrogens is 425 g/mol. The Labute approximate surface area is 182 Å². The van der Waals surface area contributed by atoms with E-state index in [0.717, 1.165) is 27.8 Å².